The molecule has 68 valence electrons. The van der Waals surface area contributed by atoms with E-state index in [1.54, 1.807) is 0 Å². The summed E-state index contributed by atoms with van der Waals surface area (Å²) in [4.78, 5) is 0. The zero-order chi connectivity index (χ0) is 8.81. The van der Waals surface area contributed by atoms with Crippen molar-refractivity contribution in [2.24, 2.45) is 0 Å². The minimum atomic E-state index is 0.155. The van der Waals surface area contributed by atoms with Crippen LogP contribution in [0, 0.1) is 12.3 Å². The number of morpholine rings is 1. The molecule has 0 aromatic carbocycles. The molecular weight excluding hydrogens is 154 g/mol. The topological polar surface area (TPSA) is 30.5 Å². The van der Waals surface area contributed by atoms with Gasteiger partial charge in [-0.25, -0.2) is 0 Å². The highest BCUT2D eigenvalue weighted by molar-refractivity contribution is 4.83. The van der Waals surface area contributed by atoms with Gasteiger partial charge in [0.2, 0.25) is 0 Å². The van der Waals surface area contributed by atoms with E-state index in [0.29, 0.717) is 13.2 Å². The maximum Gasteiger partial charge on any atom is 0.107 e. The number of hydrogen-bond acceptors (Lipinski definition) is 3. The molecule has 0 aliphatic carbocycles. The van der Waals surface area contributed by atoms with Gasteiger partial charge in [0.25, 0.3) is 0 Å². The van der Waals surface area contributed by atoms with Gasteiger partial charge in [0, 0.05) is 13.1 Å². The van der Waals surface area contributed by atoms with Crippen molar-refractivity contribution < 1.29 is 9.47 Å². The highest BCUT2D eigenvalue weighted by atomic mass is 16.5. The van der Waals surface area contributed by atoms with E-state index >= 15 is 0 Å². The Hall–Kier alpha value is -0.560. The van der Waals surface area contributed by atoms with Crippen molar-refractivity contribution in [2.75, 3.05) is 26.3 Å². The van der Waals surface area contributed by atoms with Crippen LogP contribution in [0.25, 0.3) is 0 Å². The molecule has 1 fully saturated rings. The summed E-state index contributed by atoms with van der Waals surface area (Å²) in [6.07, 6.45) is 5.47. The van der Waals surface area contributed by atoms with Crippen LogP contribution in [-0.2, 0) is 9.47 Å². The third-order valence-corrected chi connectivity index (χ3v) is 1.72. The van der Waals surface area contributed by atoms with Gasteiger partial charge in [-0.15, -0.1) is 6.42 Å². The summed E-state index contributed by atoms with van der Waals surface area (Å²) >= 11 is 0. The normalized spacial score (nSPS) is 29.7. The van der Waals surface area contributed by atoms with Crippen LogP contribution >= 0.6 is 0 Å². The fourth-order valence-corrected chi connectivity index (χ4v) is 1.22. The van der Waals surface area contributed by atoms with E-state index in [9.17, 15) is 0 Å². The quantitative estimate of drug-likeness (QED) is 0.477. The average Bonchev–Trinajstić information content (AvgIpc) is 2.05. The highest BCUT2D eigenvalue weighted by Gasteiger charge is 2.18. The molecule has 3 nitrogen and oxygen atoms in total. The lowest BCUT2D eigenvalue weighted by molar-refractivity contribution is -0.0642. The molecule has 1 heterocycles. The molecule has 1 aliphatic rings. The van der Waals surface area contributed by atoms with Crippen LogP contribution in [0.2, 0.25) is 0 Å². The molecule has 0 amide bonds. The lowest BCUT2D eigenvalue weighted by atomic mass is 10.2. The van der Waals surface area contributed by atoms with Crippen LogP contribution in [0.1, 0.15) is 6.92 Å². The van der Waals surface area contributed by atoms with E-state index in [-0.39, 0.29) is 12.2 Å². The zero-order valence-electron chi connectivity index (χ0n) is 7.38. The van der Waals surface area contributed by atoms with Crippen molar-refractivity contribution in [1.29, 1.82) is 0 Å². The SMILES string of the molecule is C#CCOCC1CNCC(C)O1. The predicted octanol–water partition coefficient (Wildman–Crippen LogP) is 0.0131. The number of nitrogens with one attached hydrogen (secondary N) is 1. The zero-order valence-corrected chi connectivity index (χ0v) is 7.38. The van der Waals surface area contributed by atoms with Crippen LogP contribution < -0.4 is 5.32 Å². The fraction of sp³-hybridized carbons (Fsp3) is 0.778. The standard InChI is InChI=1S/C9H15NO2/c1-3-4-11-7-9-6-10-5-8(2)12-9/h1,8-10H,4-7H2,2H3. The van der Waals surface area contributed by atoms with Crippen molar-refractivity contribution in [3.63, 3.8) is 0 Å². The third-order valence-electron chi connectivity index (χ3n) is 1.72. The van der Waals surface area contributed by atoms with Crippen LogP contribution in [0.3, 0.4) is 0 Å². The second-order valence-corrected chi connectivity index (χ2v) is 2.95. The Morgan fingerprint density at radius 3 is 3.17 bits per heavy atom. The first-order valence-corrected chi connectivity index (χ1v) is 4.20. The summed E-state index contributed by atoms with van der Waals surface area (Å²) in [5.74, 6) is 2.42. The first-order valence-electron chi connectivity index (χ1n) is 4.20. The van der Waals surface area contributed by atoms with Crippen molar-refractivity contribution in [2.45, 2.75) is 19.1 Å². The van der Waals surface area contributed by atoms with E-state index in [1.807, 2.05) is 6.92 Å². The van der Waals surface area contributed by atoms with Gasteiger partial charge in [-0.05, 0) is 6.92 Å². The van der Waals surface area contributed by atoms with E-state index in [0.717, 1.165) is 13.1 Å². The fourth-order valence-electron chi connectivity index (χ4n) is 1.22. The Morgan fingerprint density at radius 2 is 2.50 bits per heavy atom. The van der Waals surface area contributed by atoms with Gasteiger partial charge in [-0.3, -0.25) is 0 Å². The van der Waals surface area contributed by atoms with Gasteiger partial charge in [0.15, 0.2) is 0 Å². The second-order valence-electron chi connectivity index (χ2n) is 2.95. The van der Waals surface area contributed by atoms with E-state index in [2.05, 4.69) is 11.2 Å². The number of hydrogen-bond donors (Lipinski definition) is 1. The van der Waals surface area contributed by atoms with E-state index < -0.39 is 0 Å². The van der Waals surface area contributed by atoms with Crippen LogP contribution in [0.5, 0.6) is 0 Å². The molecule has 2 atom stereocenters. The molecule has 0 radical (unpaired) electrons. The molecule has 12 heavy (non-hydrogen) atoms. The molecule has 1 rings (SSSR count). The lowest BCUT2D eigenvalue weighted by Crippen LogP contribution is -2.45. The predicted molar refractivity (Wildman–Crippen MR) is 46.9 cm³/mol. The van der Waals surface area contributed by atoms with Gasteiger partial charge in [0.1, 0.15) is 6.61 Å². The Balaban J connectivity index is 2.11. The monoisotopic (exact) mass is 169 g/mol. The smallest absolute Gasteiger partial charge is 0.107 e. The molecule has 1 aliphatic heterocycles. The molecule has 0 bridgehead atoms. The summed E-state index contributed by atoms with van der Waals surface area (Å²) in [7, 11) is 0. The van der Waals surface area contributed by atoms with E-state index in [4.69, 9.17) is 15.9 Å². The van der Waals surface area contributed by atoms with Crippen LogP contribution in [0.4, 0.5) is 0 Å². The third kappa shape index (κ3) is 3.22. The number of terminal acetylenes is 1. The summed E-state index contributed by atoms with van der Waals surface area (Å²) in [6, 6.07) is 0. The van der Waals surface area contributed by atoms with Crippen molar-refractivity contribution in [1.82, 2.24) is 5.32 Å². The minimum absolute atomic E-state index is 0.155. The van der Waals surface area contributed by atoms with Gasteiger partial charge < -0.3 is 14.8 Å². The highest BCUT2D eigenvalue weighted by Crippen LogP contribution is 2.02. The summed E-state index contributed by atoms with van der Waals surface area (Å²) in [6.45, 7) is 4.77. The molecule has 1 saturated heterocycles. The molecule has 0 aromatic rings. The summed E-state index contributed by atoms with van der Waals surface area (Å²) in [5, 5.41) is 3.25. The molecule has 1 N–H and O–H groups in total. The van der Waals surface area contributed by atoms with Gasteiger partial charge in [-0.1, -0.05) is 5.92 Å². The first-order chi connectivity index (χ1) is 5.83. The average molecular weight is 169 g/mol. The van der Waals surface area contributed by atoms with Crippen LogP contribution in [-0.4, -0.2) is 38.5 Å². The summed E-state index contributed by atoms with van der Waals surface area (Å²) < 4.78 is 10.7. The molecule has 3 heteroatoms. The molecule has 0 saturated carbocycles. The van der Waals surface area contributed by atoms with Crippen LogP contribution in [0.15, 0.2) is 0 Å². The van der Waals surface area contributed by atoms with Crippen molar-refractivity contribution >= 4 is 0 Å². The van der Waals surface area contributed by atoms with E-state index in [1.165, 1.54) is 0 Å². The second kappa shape index (κ2) is 5.15. The van der Waals surface area contributed by atoms with Gasteiger partial charge in [-0.2, -0.15) is 0 Å². The van der Waals surface area contributed by atoms with Gasteiger partial charge in [0.05, 0.1) is 18.8 Å². The minimum Gasteiger partial charge on any atom is -0.370 e. The number of rotatable bonds is 3. The Kier molecular flexibility index (Phi) is 4.09. The maximum absolute atomic E-state index is 5.58. The summed E-state index contributed by atoms with van der Waals surface area (Å²) in [5.41, 5.74) is 0. The Bertz CT molecular complexity index is 164. The largest absolute Gasteiger partial charge is 0.370 e. The Morgan fingerprint density at radius 1 is 1.67 bits per heavy atom. The molecule has 0 aromatic heterocycles. The molecule has 0 spiro atoms. The molecular formula is C9H15NO2. The van der Waals surface area contributed by atoms with Crippen molar-refractivity contribution in [3.05, 3.63) is 0 Å². The molecule has 2 unspecified atom stereocenters. The van der Waals surface area contributed by atoms with Crippen molar-refractivity contribution in [3.8, 4) is 12.3 Å². The number of ether oxygens (including phenoxy) is 2. The Labute approximate surface area is 73.4 Å². The first kappa shape index (κ1) is 9.53. The lowest BCUT2D eigenvalue weighted by Gasteiger charge is -2.28. The maximum atomic E-state index is 5.58. The van der Waals surface area contributed by atoms with Gasteiger partial charge >= 0.3 is 0 Å².